The molecule has 0 aliphatic rings. The van der Waals surface area contributed by atoms with Gasteiger partial charge in [-0.05, 0) is 25.7 Å². The minimum absolute atomic E-state index is 0.126. The molecule has 2 nitrogen and oxygen atoms in total. The van der Waals surface area contributed by atoms with E-state index in [9.17, 15) is 0 Å². The van der Waals surface area contributed by atoms with Gasteiger partial charge in [0.05, 0.1) is 12.7 Å². The lowest BCUT2D eigenvalue weighted by Gasteiger charge is -2.30. The first-order valence-electron chi connectivity index (χ1n) is 4.15. The highest BCUT2D eigenvalue weighted by molar-refractivity contribution is 7.89. The van der Waals surface area contributed by atoms with Gasteiger partial charge in [-0.1, -0.05) is 20.8 Å². The maximum absolute atomic E-state index is 5.45. The smallest absolute Gasteiger partial charge is 0.158 e. The Balaban J connectivity index is 3.86. The Labute approximate surface area is 80.4 Å². The summed E-state index contributed by atoms with van der Waals surface area (Å²) in [5.74, 6) is 0. The summed E-state index contributed by atoms with van der Waals surface area (Å²) in [6, 6.07) is 0. The maximum atomic E-state index is 5.45. The molecule has 0 aromatic heterocycles. The highest BCUT2D eigenvalue weighted by atomic mass is 32.2. The molecule has 0 aliphatic heterocycles. The second kappa shape index (κ2) is 4.49. The van der Waals surface area contributed by atoms with Gasteiger partial charge in [-0.25, -0.2) is 0 Å². The minimum atomic E-state index is -0.126. The van der Waals surface area contributed by atoms with Crippen molar-refractivity contribution in [1.29, 1.82) is 0 Å². The zero-order valence-electron chi connectivity index (χ0n) is 8.93. The summed E-state index contributed by atoms with van der Waals surface area (Å²) in [6.45, 7) is 10.8. The molecular formula is C9H20O2S. The number of hydrogen-bond acceptors (Lipinski definition) is 3. The molecule has 0 aliphatic carbocycles. The van der Waals surface area contributed by atoms with Crippen LogP contribution in [0.5, 0.6) is 0 Å². The number of hydrogen-bond donors (Lipinski definition) is 0. The molecule has 0 heterocycles. The maximum Gasteiger partial charge on any atom is 0.158 e. The van der Waals surface area contributed by atoms with E-state index in [1.165, 1.54) is 0 Å². The van der Waals surface area contributed by atoms with Crippen LogP contribution in [0.25, 0.3) is 0 Å². The SMILES string of the molecule is COSOC(C)(C)CC(C)(C)C. The molecule has 0 saturated carbocycles. The Morgan fingerprint density at radius 1 is 1.08 bits per heavy atom. The molecule has 0 amide bonds. The third kappa shape index (κ3) is 6.95. The summed E-state index contributed by atoms with van der Waals surface area (Å²) in [5, 5.41) is 0. The van der Waals surface area contributed by atoms with E-state index in [-0.39, 0.29) is 11.0 Å². The zero-order valence-corrected chi connectivity index (χ0v) is 9.75. The van der Waals surface area contributed by atoms with Crippen molar-refractivity contribution in [3.8, 4) is 0 Å². The van der Waals surface area contributed by atoms with Crippen LogP contribution in [0.4, 0.5) is 0 Å². The predicted octanol–water partition coefficient (Wildman–Crippen LogP) is 3.43. The van der Waals surface area contributed by atoms with E-state index < -0.39 is 0 Å². The summed E-state index contributed by atoms with van der Waals surface area (Å²) in [7, 11) is 1.61. The van der Waals surface area contributed by atoms with Crippen LogP contribution < -0.4 is 0 Å². The van der Waals surface area contributed by atoms with Crippen molar-refractivity contribution in [2.45, 2.75) is 46.6 Å². The van der Waals surface area contributed by atoms with Gasteiger partial charge in [-0.15, -0.1) is 0 Å². The van der Waals surface area contributed by atoms with Crippen LogP contribution in [-0.2, 0) is 8.37 Å². The summed E-state index contributed by atoms with van der Waals surface area (Å²) < 4.78 is 10.2. The normalized spacial score (nSPS) is 13.5. The molecule has 0 aromatic carbocycles. The van der Waals surface area contributed by atoms with Crippen molar-refractivity contribution in [1.82, 2.24) is 0 Å². The highest BCUT2D eigenvalue weighted by Crippen LogP contribution is 2.31. The Morgan fingerprint density at radius 2 is 1.58 bits per heavy atom. The minimum Gasteiger partial charge on any atom is -0.295 e. The predicted molar refractivity (Wildman–Crippen MR) is 53.8 cm³/mol. The van der Waals surface area contributed by atoms with Crippen LogP contribution in [-0.4, -0.2) is 12.7 Å². The van der Waals surface area contributed by atoms with Crippen LogP contribution in [0.1, 0.15) is 41.0 Å². The molecule has 0 fully saturated rings. The van der Waals surface area contributed by atoms with E-state index in [0.717, 1.165) is 18.7 Å². The molecule has 74 valence electrons. The Kier molecular flexibility index (Phi) is 4.59. The van der Waals surface area contributed by atoms with Crippen molar-refractivity contribution in [2.24, 2.45) is 5.41 Å². The van der Waals surface area contributed by atoms with Gasteiger partial charge < -0.3 is 0 Å². The highest BCUT2D eigenvalue weighted by Gasteiger charge is 2.26. The lowest BCUT2D eigenvalue weighted by atomic mass is 9.84. The average molecular weight is 192 g/mol. The second-order valence-electron chi connectivity index (χ2n) is 4.82. The van der Waals surface area contributed by atoms with E-state index in [2.05, 4.69) is 34.6 Å². The Morgan fingerprint density at radius 3 is 1.92 bits per heavy atom. The fourth-order valence-electron chi connectivity index (χ4n) is 1.43. The van der Waals surface area contributed by atoms with E-state index in [1.54, 1.807) is 7.11 Å². The fourth-order valence-corrected chi connectivity index (χ4v) is 1.74. The first kappa shape index (κ1) is 12.3. The van der Waals surface area contributed by atoms with Crippen LogP contribution in [0, 0.1) is 5.41 Å². The van der Waals surface area contributed by atoms with Crippen LogP contribution in [0.3, 0.4) is 0 Å². The summed E-state index contributed by atoms with van der Waals surface area (Å²) in [5.41, 5.74) is 0.163. The monoisotopic (exact) mass is 192 g/mol. The van der Waals surface area contributed by atoms with Gasteiger partial charge in [-0.3, -0.25) is 8.37 Å². The topological polar surface area (TPSA) is 18.5 Å². The van der Waals surface area contributed by atoms with Crippen LogP contribution >= 0.6 is 12.3 Å². The first-order valence-corrected chi connectivity index (χ1v) is 4.82. The van der Waals surface area contributed by atoms with Crippen LogP contribution in [0.15, 0.2) is 0 Å². The number of rotatable bonds is 4. The third-order valence-electron chi connectivity index (χ3n) is 1.28. The van der Waals surface area contributed by atoms with Gasteiger partial charge >= 0.3 is 0 Å². The van der Waals surface area contributed by atoms with Crippen LogP contribution in [0.2, 0.25) is 0 Å². The molecule has 0 saturated heterocycles. The molecule has 0 N–H and O–H groups in total. The van der Waals surface area contributed by atoms with Crippen molar-refractivity contribution in [2.75, 3.05) is 7.11 Å². The quantitative estimate of drug-likeness (QED) is 0.636. The van der Waals surface area contributed by atoms with Gasteiger partial charge in [-0.2, -0.15) is 0 Å². The van der Waals surface area contributed by atoms with Gasteiger partial charge in [0.25, 0.3) is 0 Å². The molecule has 0 radical (unpaired) electrons. The van der Waals surface area contributed by atoms with Gasteiger partial charge in [0.2, 0.25) is 0 Å². The molecule has 3 heteroatoms. The van der Waals surface area contributed by atoms with E-state index in [0.29, 0.717) is 0 Å². The molecule has 0 bridgehead atoms. The van der Waals surface area contributed by atoms with E-state index in [4.69, 9.17) is 8.37 Å². The third-order valence-corrected chi connectivity index (χ3v) is 1.94. The van der Waals surface area contributed by atoms with Crippen molar-refractivity contribution in [3.05, 3.63) is 0 Å². The van der Waals surface area contributed by atoms with E-state index in [1.807, 2.05) is 0 Å². The zero-order chi connectivity index (χ0) is 9.83. The standard InChI is InChI=1S/C9H20O2S/c1-8(2,3)7-9(4,5)11-12-10-6/h7H2,1-6H3. The molecule has 0 rings (SSSR count). The Bertz CT molecular complexity index is 127. The molecule has 0 unspecified atom stereocenters. The molecule has 12 heavy (non-hydrogen) atoms. The van der Waals surface area contributed by atoms with E-state index >= 15 is 0 Å². The molecule has 0 aromatic rings. The van der Waals surface area contributed by atoms with Gasteiger partial charge in [0.15, 0.2) is 12.3 Å². The van der Waals surface area contributed by atoms with Gasteiger partial charge in [0.1, 0.15) is 0 Å². The largest absolute Gasteiger partial charge is 0.295 e. The Hall–Kier alpha value is 0.270. The van der Waals surface area contributed by atoms with Crippen molar-refractivity contribution >= 4 is 12.3 Å². The first-order chi connectivity index (χ1) is 5.27. The lowest BCUT2D eigenvalue weighted by molar-refractivity contribution is 0.0752. The molecule has 0 spiro atoms. The van der Waals surface area contributed by atoms with Crippen molar-refractivity contribution in [3.63, 3.8) is 0 Å². The fraction of sp³-hybridized carbons (Fsp3) is 1.00. The lowest BCUT2D eigenvalue weighted by Crippen LogP contribution is -2.28. The molecule has 0 atom stereocenters. The second-order valence-corrected chi connectivity index (χ2v) is 5.45. The summed E-state index contributed by atoms with van der Waals surface area (Å²) in [4.78, 5) is 0. The average Bonchev–Trinajstić information content (AvgIpc) is 1.78. The summed E-state index contributed by atoms with van der Waals surface area (Å²) >= 11 is 1.06. The van der Waals surface area contributed by atoms with Crippen molar-refractivity contribution < 1.29 is 8.37 Å². The van der Waals surface area contributed by atoms with Gasteiger partial charge in [0, 0.05) is 0 Å². The molecular weight excluding hydrogens is 172 g/mol. The summed E-state index contributed by atoms with van der Waals surface area (Å²) in [6.07, 6.45) is 1.01.